The smallest absolute Gasteiger partial charge is 0.399 e. The molecule has 0 unspecified atom stereocenters. The van der Waals surface area contributed by atoms with Gasteiger partial charge in [0, 0.05) is 13.1 Å². The lowest BCUT2D eigenvalue weighted by Crippen LogP contribution is -2.30. The van der Waals surface area contributed by atoms with Crippen molar-refractivity contribution in [1.29, 1.82) is 0 Å². The Balaban J connectivity index is 1.63. The summed E-state index contributed by atoms with van der Waals surface area (Å²) in [6.07, 6.45) is 0. The molecular weight excluding hydrogens is 611 g/mol. The first-order chi connectivity index (χ1) is 19.8. The minimum atomic E-state index is -5.86. The normalized spacial score (nSPS) is 12.4. The second-order valence-electron chi connectivity index (χ2n) is 9.24. The molecule has 0 aliphatic carbocycles. The van der Waals surface area contributed by atoms with Crippen LogP contribution in [0, 0.1) is 0 Å². The Bertz CT molecular complexity index is 1680. The van der Waals surface area contributed by atoms with Gasteiger partial charge in [-0.25, -0.2) is 8.42 Å². The number of methoxy groups -OCH3 is 1. The summed E-state index contributed by atoms with van der Waals surface area (Å²) in [4.78, 5) is 18.1. The van der Waals surface area contributed by atoms with Crippen molar-refractivity contribution in [2.45, 2.75) is 30.3 Å². The predicted molar refractivity (Wildman–Crippen MR) is 154 cm³/mol. The highest BCUT2D eigenvalue weighted by Crippen LogP contribution is 2.60. The van der Waals surface area contributed by atoms with Crippen LogP contribution in [-0.2, 0) is 39.9 Å². The maximum atomic E-state index is 14.3. The minimum absolute atomic E-state index is 0.105. The van der Waals surface area contributed by atoms with Crippen LogP contribution >= 0.6 is 19.2 Å². The molecule has 0 aliphatic rings. The Labute approximate surface area is 247 Å². The molecule has 42 heavy (non-hydrogen) atoms. The number of halogens is 3. The average Bonchev–Trinajstić information content (AvgIpc) is 2.96. The third-order valence-corrected chi connectivity index (χ3v) is 9.42. The number of hydrogen-bond acceptors (Lipinski definition) is 5. The Morgan fingerprint density at radius 3 is 2.07 bits per heavy atom. The van der Waals surface area contributed by atoms with Gasteiger partial charge in [0.1, 0.15) is 23.0 Å². The lowest BCUT2D eigenvalue weighted by Gasteiger charge is -2.24. The van der Waals surface area contributed by atoms with Gasteiger partial charge in [-0.05, 0) is 47.0 Å². The Morgan fingerprint density at radius 2 is 1.45 bits per heavy atom. The summed E-state index contributed by atoms with van der Waals surface area (Å²) in [5.41, 5.74) is -3.77. The molecule has 0 amide bonds. The predicted octanol–water partition coefficient (Wildman–Crippen LogP) is 6.55. The second-order valence-corrected chi connectivity index (χ2v) is 13.2. The molecule has 0 aliphatic heterocycles. The Morgan fingerprint density at radius 1 is 0.857 bits per heavy atom. The summed E-state index contributed by atoms with van der Waals surface area (Å²) < 4.78 is 79.9. The number of nitrogens with zero attached hydrogens (tertiary/aromatic N) is 1. The van der Waals surface area contributed by atoms with Crippen LogP contribution in [0.1, 0.15) is 22.3 Å². The highest BCUT2D eigenvalue weighted by atomic mass is 35.5. The monoisotopic (exact) mass is 637 g/mol. The lowest BCUT2D eigenvalue weighted by atomic mass is 10.1. The standard InChI is InChI=1S/C29H27ClF2NO7PS/c1-39-27-9-5-6-10-28(27)42(37,38)33(19-23-13-16-25(26(30)17-23)29(31,32)41(34,35)36)18-21-11-14-24(15-12-21)40-20-22-7-3-2-4-8-22/h2-17H,18-20H2,1H3,(H2,34,35,36). The molecule has 0 radical (unpaired) electrons. The summed E-state index contributed by atoms with van der Waals surface area (Å²) in [6, 6.07) is 25.5. The molecule has 222 valence electrons. The van der Waals surface area contributed by atoms with E-state index < -0.39 is 33.9 Å². The van der Waals surface area contributed by atoms with E-state index in [4.69, 9.17) is 30.9 Å². The van der Waals surface area contributed by atoms with Crippen LogP contribution in [0.2, 0.25) is 5.02 Å². The van der Waals surface area contributed by atoms with E-state index in [1.807, 2.05) is 30.3 Å². The molecule has 4 aromatic carbocycles. The van der Waals surface area contributed by atoms with Gasteiger partial charge >= 0.3 is 13.3 Å². The van der Waals surface area contributed by atoms with E-state index in [0.717, 1.165) is 28.1 Å². The molecule has 0 saturated carbocycles. The quantitative estimate of drug-likeness (QED) is 0.170. The van der Waals surface area contributed by atoms with Crippen LogP contribution in [-0.4, -0.2) is 29.6 Å². The summed E-state index contributed by atoms with van der Waals surface area (Å²) in [5.74, 6) is 0.692. The van der Waals surface area contributed by atoms with E-state index in [2.05, 4.69) is 0 Å². The number of benzene rings is 4. The first-order valence-electron chi connectivity index (χ1n) is 12.4. The van der Waals surface area contributed by atoms with Crippen LogP contribution in [0.25, 0.3) is 0 Å². The van der Waals surface area contributed by atoms with Crippen molar-refractivity contribution < 1.29 is 41.0 Å². The summed E-state index contributed by atoms with van der Waals surface area (Å²) in [6.45, 7) is -0.0577. The van der Waals surface area contributed by atoms with Crippen molar-refractivity contribution in [2.75, 3.05) is 7.11 Å². The zero-order valence-corrected chi connectivity index (χ0v) is 24.7. The topological polar surface area (TPSA) is 113 Å². The molecule has 4 aromatic rings. The van der Waals surface area contributed by atoms with E-state index >= 15 is 0 Å². The van der Waals surface area contributed by atoms with E-state index in [1.165, 1.54) is 19.2 Å². The van der Waals surface area contributed by atoms with Crippen LogP contribution < -0.4 is 9.47 Å². The first-order valence-corrected chi connectivity index (χ1v) is 15.9. The van der Waals surface area contributed by atoms with E-state index in [-0.39, 0.29) is 29.3 Å². The largest absolute Gasteiger partial charge is 0.495 e. The molecule has 13 heteroatoms. The maximum absolute atomic E-state index is 14.3. The van der Waals surface area contributed by atoms with Crippen molar-refractivity contribution in [1.82, 2.24) is 4.31 Å². The summed E-state index contributed by atoms with van der Waals surface area (Å²) in [7, 11) is -8.73. The lowest BCUT2D eigenvalue weighted by molar-refractivity contribution is 0.0565. The molecule has 4 rings (SSSR count). The average molecular weight is 638 g/mol. The van der Waals surface area contributed by atoms with Crippen LogP contribution in [0.15, 0.2) is 102 Å². The van der Waals surface area contributed by atoms with Gasteiger partial charge < -0.3 is 19.3 Å². The van der Waals surface area contributed by atoms with Crippen molar-refractivity contribution >= 4 is 29.2 Å². The summed E-state index contributed by atoms with van der Waals surface area (Å²) in [5, 5.41) is -0.615. The minimum Gasteiger partial charge on any atom is -0.495 e. The Hall–Kier alpha value is -3.31. The molecule has 8 nitrogen and oxygen atoms in total. The van der Waals surface area contributed by atoms with Gasteiger partial charge in [0.2, 0.25) is 10.0 Å². The number of alkyl halides is 2. The number of para-hydroxylation sites is 1. The fourth-order valence-corrected chi connectivity index (χ4v) is 6.56. The number of rotatable bonds is 12. The fraction of sp³-hybridized carbons (Fsp3) is 0.172. The SMILES string of the molecule is COc1ccccc1S(=O)(=O)N(Cc1ccc(OCc2ccccc2)cc1)Cc1ccc(C(F)(F)P(=O)(O)O)c(Cl)c1. The molecular formula is C29H27ClF2NO7PS. The number of ether oxygens (including phenoxy) is 2. The third kappa shape index (κ3) is 7.18. The molecule has 0 heterocycles. The van der Waals surface area contributed by atoms with Crippen molar-refractivity contribution in [2.24, 2.45) is 0 Å². The zero-order chi connectivity index (χ0) is 30.5. The van der Waals surface area contributed by atoms with Gasteiger partial charge in [-0.1, -0.05) is 78.3 Å². The molecule has 0 atom stereocenters. The molecule has 0 spiro atoms. The van der Waals surface area contributed by atoms with Crippen molar-refractivity contribution in [3.05, 3.63) is 124 Å². The highest BCUT2D eigenvalue weighted by molar-refractivity contribution is 7.89. The summed E-state index contributed by atoms with van der Waals surface area (Å²) >= 11 is 6.01. The molecule has 2 N–H and O–H groups in total. The highest BCUT2D eigenvalue weighted by Gasteiger charge is 2.51. The van der Waals surface area contributed by atoms with Gasteiger partial charge in [0.05, 0.1) is 17.7 Å². The number of hydrogen-bond donors (Lipinski definition) is 2. The maximum Gasteiger partial charge on any atom is 0.399 e. The van der Waals surface area contributed by atoms with Crippen LogP contribution in [0.3, 0.4) is 0 Å². The second kappa shape index (κ2) is 12.9. The third-order valence-electron chi connectivity index (χ3n) is 6.30. The fourth-order valence-electron chi connectivity index (χ4n) is 4.09. The van der Waals surface area contributed by atoms with Crippen molar-refractivity contribution in [3.8, 4) is 11.5 Å². The van der Waals surface area contributed by atoms with Crippen molar-refractivity contribution in [3.63, 3.8) is 0 Å². The van der Waals surface area contributed by atoms with Gasteiger partial charge in [0.25, 0.3) is 0 Å². The van der Waals surface area contributed by atoms with Gasteiger partial charge in [-0.3, -0.25) is 4.57 Å². The molecule has 0 bridgehead atoms. The van der Waals surface area contributed by atoms with Crippen LogP contribution in [0.5, 0.6) is 11.5 Å². The van der Waals surface area contributed by atoms with E-state index in [9.17, 15) is 21.8 Å². The van der Waals surface area contributed by atoms with E-state index in [0.29, 0.717) is 17.9 Å². The van der Waals surface area contributed by atoms with Gasteiger partial charge in [-0.15, -0.1) is 0 Å². The van der Waals surface area contributed by atoms with Gasteiger partial charge in [-0.2, -0.15) is 13.1 Å². The Kier molecular flexibility index (Phi) is 9.72. The van der Waals surface area contributed by atoms with E-state index in [1.54, 1.807) is 36.4 Å². The van der Waals surface area contributed by atoms with Crippen LogP contribution in [0.4, 0.5) is 8.78 Å². The molecule has 0 fully saturated rings. The molecule has 0 aromatic heterocycles. The zero-order valence-electron chi connectivity index (χ0n) is 22.2. The number of sulfonamides is 1. The van der Waals surface area contributed by atoms with Gasteiger partial charge in [0.15, 0.2) is 0 Å². The molecule has 0 saturated heterocycles. The first kappa shape index (κ1) is 31.6.